The van der Waals surface area contributed by atoms with Crippen molar-refractivity contribution in [2.75, 3.05) is 0 Å². The highest BCUT2D eigenvalue weighted by molar-refractivity contribution is 8.18. The van der Waals surface area contributed by atoms with Gasteiger partial charge in [-0.05, 0) is 61.5 Å². The number of aryl methyl sites for hydroxylation is 1. The fraction of sp³-hybridized carbons (Fsp3) is 0.100. The third kappa shape index (κ3) is 4.15. The molecular formula is C20H16N2O4S. The summed E-state index contributed by atoms with van der Waals surface area (Å²) in [6.45, 7) is 3.65. The number of nitro groups is 1. The molecule has 1 aliphatic rings. The molecule has 0 unspecified atom stereocenters. The van der Waals surface area contributed by atoms with E-state index in [1.807, 2.05) is 31.2 Å². The zero-order chi connectivity index (χ0) is 19.6. The lowest BCUT2D eigenvalue weighted by molar-refractivity contribution is -0.384. The SMILES string of the molecule is CC(=Nc1ccc(C)cc1)C1=C(O)/C(=C\c2ccc([N+](=O)[O-])cc2)SC1=O. The molecule has 136 valence electrons. The van der Waals surface area contributed by atoms with Crippen LogP contribution in [0, 0.1) is 17.0 Å². The summed E-state index contributed by atoms with van der Waals surface area (Å²) in [5.74, 6) is -0.128. The molecule has 1 N–H and O–H groups in total. The first kappa shape index (κ1) is 18.6. The number of nitro benzene ring substituents is 1. The van der Waals surface area contributed by atoms with Gasteiger partial charge in [0.05, 0.1) is 26.8 Å². The van der Waals surface area contributed by atoms with E-state index in [0.717, 1.165) is 17.3 Å². The number of rotatable bonds is 4. The Morgan fingerprint density at radius 2 is 1.78 bits per heavy atom. The van der Waals surface area contributed by atoms with Crippen molar-refractivity contribution in [1.29, 1.82) is 0 Å². The third-order valence-corrected chi connectivity index (χ3v) is 4.89. The maximum Gasteiger partial charge on any atom is 0.269 e. The number of non-ortho nitro benzene ring substituents is 1. The Kier molecular flexibility index (Phi) is 5.23. The standard InChI is InChI=1S/C20H16N2O4S/c1-12-3-7-15(8-4-12)21-13(2)18-19(23)17(27-20(18)24)11-14-5-9-16(10-6-14)22(25)26/h3-11,23H,1-2H3/b17-11+,21-13?. The zero-order valence-electron chi connectivity index (χ0n) is 14.7. The van der Waals surface area contributed by atoms with Crippen LogP contribution in [0.15, 0.2) is 69.8 Å². The summed E-state index contributed by atoms with van der Waals surface area (Å²) in [5.41, 5.74) is 3.04. The van der Waals surface area contributed by atoms with Crippen molar-refractivity contribution in [1.82, 2.24) is 0 Å². The number of hydrogen-bond acceptors (Lipinski definition) is 6. The van der Waals surface area contributed by atoms with Crippen LogP contribution in [-0.2, 0) is 4.79 Å². The van der Waals surface area contributed by atoms with E-state index in [1.165, 1.54) is 12.1 Å². The smallest absolute Gasteiger partial charge is 0.269 e. The van der Waals surface area contributed by atoms with Gasteiger partial charge in [0.2, 0.25) is 5.12 Å². The van der Waals surface area contributed by atoms with Gasteiger partial charge in [-0.25, -0.2) is 0 Å². The molecule has 6 nitrogen and oxygen atoms in total. The van der Waals surface area contributed by atoms with E-state index in [4.69, 9.17) is 0 Å². The lowest BCUT2D eigenvalue weighted by atomic mass is 10.1. The number of carbonyl (C=O) groups is 1. The van der Waals surface area contributed by atoms with E-state index in [9.17, 15) is 20.0 Å². The summed E-state index contributed by atoms with van der Waals surface area (Å²) in [6.07, 6.45) is 1.62. The second-order valence-electron chi connectivity index (χ2n) is 6.00. The molecule has 1 aliphatic heterocycles. The minimum absolute atomic E-state index is 0.0196. The van der Waals surface area contributed by atoms with E-state index in [1.54, 1.807) is 25.1 Å². The van der Waals surface area contributed by atoms with Crippen molar-refractivity contribution in [3.05, 3.63) is 86.0 Å². The number of nitrogens with zero attached hydrogens (tertiary/aromatic N) is 2. The molecule has 1 heterocycles. The second-order valence-corrected chi connectivity index (χ2v) is 7.02. The molecule has 2 aromatic carbocycles. The van der Waals surface area contributed by atoms with Gasteiger partial charge < -0.3 is 5.11 Å². The molecule has 0 radical (unpaired) electrons. The molecule has 0 saturated carbocycles. The zero-order valence-corrected chi connectivity index (χ0v) is 15.5. The monoisotopic (exact) mass is 380 g/mol. The number of benzene rings is 2. The maximum absolute atomic E-state index is 12.3. The van der Waals surface area contributed by atoms with Crippen LogP contribution < -0.4 is 0 Å². The predicted molar refractivity (Wildman–Crippen MR) is 107 cm³/mol. The number of aliphatic hydroxyl groups excluding tert-OH is 1. The van der Waals surface area contributed by atoms with Gasteiger partial charge in [0, 0.05) is 12.1 Å². The van der Waals surface area contributed by atoms with Crippen LogP contribution in [-0.4, -0.2) is 20.9 Å². The van der Waals surface area contributed by atoms with Crippen molar-refractivity contribution in [2.45, 2.75) is 13.8 Å². The molecule has 2 aromatic rings. The second kappa shape index (κ2) is 7.59. The molecule has 0 amide bonds. The van der Waals surface area contributed by atoms with Gasteiger partial charge in [-0.2, -0.15) is 0 Å². The van der Waals surface area contributed by atoms with E-state index >= 15 is 0 Å². The van der Waals surface area contributed by atoms with E-state index in [-0.39, 0.29) is 22.1 Å². The van der Waals surface area contributed by atoms with Crippen molar-refractivity contribution < 1.29 is 14.8 Å². The molecule has 3 rings (SSSR count). The molecule has 7 heteroatoms. The average molecular weight is 380 g/mol. The molecule has 0 spiro atoms. The van der Waals surface area contributed by atoms with Gasteiger partial charge in [-0.1, -0.05) is 17.7 Å². The largest absolute Gasteiger partial charge is 0.506 e. The fourth-order valence-electron chi connectivity index (χ4n) is 2.55. The minimum atomic E-state index is -0.481. The van der Waals surface area contributed by atoms with Crippen LogP contribution in [0.25, 0.3) is 6.08 Å². The topological polar surface area (TPSA) is 92.8 Å². The average Bonchev–Trinajstić information content (AvgIpc) is 2.91. The summed E-state index contributed by atoms with van der Waals surface area (Å²) >= 11 is 0.912. The van der Waals surface area contributed by atoms with Crippen molar-refractivity contribution in [3.8, 4) is 0 Å². The van der Waals surface area contributed by atoms with Gasteiger partial charge in [0.1, 0.15) is 5.76 Å². The number of thioether (sulfide) groups is 1. The Balaban J connectivity index is 1.91. The van der Waals surface area contributed by atoms with Gasteiger partial charge in [-0.3, -0.25) is 19.9 Å². The Morgan fingerprint density at radius 3 is 2.37 bits per heavy atom. The van der Waals surface area contributed by atoms with Crippen LogP contribution in [0.1, 0.15) is 18.1 Å². The fourth-order valence-corrected chi connectivity index (χ4v) is 3.49. The summed E-state index contributed by atoms with van der Waals surface area (Å²) < 4.78 is 0. The summed E-state index contributed by atoms with van der Waals surface area (Å²) in [6, 6.07) is 13.4. The van der Waals surface area contributed by atoms with Gasteiger partial charge >= 0.3 is 0 Å². The highest BCUT2D eigenvalue weighted by atomic mass is 32.2. The summed E-state index contributed by atoms with van der Waals surface area (Å²) in [5, 5.41) is 20.9. The Bertz CT molecular complexity index is 1000. The van der Waals surface area contributed by atoms with E-state index in [2.05, 4.69) is 4.99 Å². The molecule has 0 atom stereocenters. The number of aliphatic imine (C=N–C) groups is 1. The highest BCUT2D eigenvalue weighted by Gasteiger charge is 2.30. The quantitative estimate of drug-likeness (QED) is 0.451. The van der Waals surface area contributed by atoms with Crippen LogP contribution in [0.4, 0.5) is 11.4 Å². The van der Waals surface area contributed by atoms with Crippen molar-refractivity contribution in [2.24, 2.45) is 4.99 Å². The Hall–Kier alpha value is -3.19. The highest BCUT2D eigenvalue weighted by Crippen LogP contribution is 2.38. The van der Waals surface area contributed by atoms with E-state index in [0.29, 0.717) is 21.9 Å². The number of carbonyl (C=O) groups excluding carboxylic acids is 1. The van der Waals surface area contributed by atoms with Gasteiger partial charge in [0.25, 0.3) is 5.69 Å². The molecule has 0 bridgehead atoms. The first-order chi connectivity index (χ1) is 12.8. The molecule has 0 aromatic heterocycles. The third-order valence-electron chi connectivity index (χ3n) is 3.97. The van der Waals surface area contributed by atoms with Crippen LogP contribution in [0.5, 0.6) is 0 Å². The molecule has 0 fully saturated rings. The van der Waals surface area contributed by atoms with Crippen LogP contribution in [0.2, 0.25) is 0 Å². The van der Waals surface area contributed by atoms with Gasteiger partial charge in [-0.15, -0.1) is 0 Å². The molecule has 0 aliphatic carbocycles. The van der Waals surface area contributed by atoms with E-state index < -0.39 is 4.92 Å². The summed E-state index contributed by atoms with van der Waals surface area (Å²) in [7, 11) is 0. The van der Waals surface area contributed by atoms with Crippen molar-refractivity contribution in [3.63, 3.8) is 0 Å². The lowest BCUT2D eigenvalue weighted by Crippen LogP contribution is -2.04. The molecule has 27 heavy (non-hydrogen) atoms. The first-order valence-electron chi connectivity index (χ1n) is 8.09. The van der Waals surface area contributed by atoms with Gasteiger partial charge in [0.15, 0.2) is 0 Å². The predicted octanol–water partition coefficient (Wildman–Crippen LogP) is 5.12. The van der Waals surface area contributed by atoms with Crippen LogP contribution in [0.3, 0.4) is 0 Å². The molecule has 0 saturated heterocycles. The minimum Gasteiger partial charge on any atom is -0.506 e. The lowest BCUT2D eigenvalue weighted by Gasteiger charge is -2.02. The summed E-state index contributed by atoms with van der Waals surface area (Å²) in [4.78, 5) is 27.4. The normalized spacial score (nSPS) is 16.3. The Labute approximate surface area is 160 Å². The maximum atomic E-state index is 12.3. The van der Waals surface area contributed by atoms with Crippen molar-refractivity contribution >= 4 is 40.0 Å². The number of aliphatic hydroxyl groups is 1. The number of hydrogen-bond donors (Lipinski definition) is 1. The molecular weight excluding hydrogens is 364 g/mol. The first-order valence-corrected chi connectivity index (χ1v) is 8.91. The van der Waals surface area contributed by atoms with Crippen LogP contribution >= 0.6 is 11.8 Å². The Morgan fingerprint density at radius 1 is 1.15 bits per heavy atom.